The van der Waals surface area contributed by atoms with Crippen LogP contribution in [0.1, 0.15) is 5.69 Å². The first-order valence-electron chi connectivity index (χ1n) is 15.7. The molecular weight excluding hydrogens is 556 g/mol. The summed E-state index contributed by atoms with van der Waals surface area (Å²) in [7, 11) is 0. The van der Waals surface area contributed by atoms with Gasteiger partial charge in [-0.1, -0.05) is 140 Å². The summed E-state index contributed by atoms with van der Waals surface area (Å²) in [5.41, 5.74) is 10.5. The number of rotatable bonds is 6. The average Bonchev–Trinajstić information content (AvgIpc) is 3.12. The minimum Gasteiger partial charge on any atom is -0.295 e. The number of benzene rings is 7. The van der Waals surface area contributed by atoms with E-state index in [-0.39, 0.29) is 0 Å². The lowest BCUT2D eigenvalue weighted by Crippen LogP contribution is -2.11. The minimum atomic E-state index is 0.899. The molecule has 7 aromatic carbocycles. The fourth-order valence-corrected chi connectivity index (χ4v) is 6.72. The Morgan fingerprint density at radius 3 is 1.48 bits per heavy atom. The topological polar surface area (TPSA) is 16.1 Å². The van der Waals surface area contributed by atoms with Gasteiger partial charge in [-0.05, 0) is 98.2 Å². The molecule has 0 amide bonds. The third-order valence-electron chi connectivity index (χ3n) is 8.74. The second-order valence-electron chi connectivity index (χ2n) is 11.6. The molecule has 46 heavy (non-hydrogen) atoms. The molecule has 0 radical (unpaired) electrons. The molecule has 0 saturated carbocycles. The van der Waals surface area contributed by atoms with Crippen molar-refractivity contribution in [3.8, 4) is 33.4 Å². The Balaban J connectivity index is 1.33. The van der Waals surface area contributed by atoms with E-state index in [4.69, 9.17) is 4.98 Å². The van der Waals surface area contributed by atoms with Crippen LogP contribution in [0.4, 0.5) is 17.2 Å². The van der Waals surface area contributed by atoms with Crippen molar-refractivity contribution in [1.29, 1.82) is 0 Å². The number of para-hydroxylation sites is 1. The minimum absolute atomic E-state index is 0.899. The Kier molecular flexibility index (Phi) is 7.09. The van der Waals surface area contributed by atoms with Crippen molar-refractivity contribution in [3.05, 3.63) is 182 Å². The molecule has 2 heteroatoms. The maximum atomic E-state index is 4.88. The highest BCUT2D eigenvalue weighted by molar-refractivity contribution is 6.22. The van der Waals surface area contributed by atoms with Crippen molar-refractivity contribution in [2.45, 2.75) is 6.92 Å². The SMILES string of the molecule is Cc1cccc(N(c2ccccc2)c2ccc(-c3c4ccccc4c(-c4ccccc4-c4ccccc4)c4ccccc34)cc2)n1. The number of aromatic nitrogens is 1. The molecule has 8 rings (SSSR count). The predicted molar refractivity (Wildman–Crippen MR) is 195 cm³/mol. The summed E-state index contributed by atoms with van der Waals surface area (Å²) >= 11 is 0. The van der Waals surface area contributed by atoms with Crippen molar-refractivity contribution in [1.82, 2.24) is 4.98 Å². The number of hydrogen-bond donors (Lipinski definition) is 0. The molecule has 1 heterocycles. The van der Waals surface area contributed by atoms with E-state index in [1.165, 1.54) is 54.9 Å². The van der Waals surface area contributed by atoms with E-state index in [1.54, 1.807) is 0 Å². The summed E-state index contributed by atoms with van der Waals surface area (Å²) in [5, 5.41) is 4.98. The summed E-state index contributed by atoms with van der Waals surface area (Å²) in [4.78, 5) is 7.10. The van der Waals surface area contributed by atoms with Gasteiger partial charge in [-0.3, -0.25) is 4.90 Å². The molecule has 2 nitrogen and oxygen atoms in total. The van der Waals surface area contributed by atoms with Crippen LogP contribution in [-0.4, -0.2) is 4.98 Å². The van der Waals surface area contributed by atoms with Gasteiger partial charge in [-0.15, -0.1) is 0 Å². The van der Waals surface area contributed by atoms with E-state index in [9.17, 15) is 0 Å². The molecule has 0 unspecified atom stereocenters. The third kappa shape index (κ3) is 4.91. The molecule has 0 aliphatic heterocycles. The fourth-order valence-electron chi connectivity index (χ4n) is 6.72. The number of aryl methyl sites for hydroxylation is 1. The lowest BCUT2D eigenvalue weighted by Gasteiger charge is -2.25. The molecule has 0 aliphatic rings. The highest BCUT2D eigenvalue weighted by Crippen LogP contribution is 2.46. The van der Waals surface area contributed by atoms with Crippen molar-refractivity contribution in [3.63, 3.8) is 0 Å². The number of anilines is 3. The molecule has 0 fully saturated rings. The van der Waals surface area contributed by atoms with Crippen LogP contribution >= 0.6 is 0 Å². The first kappa shape index (κ1) is 27.6. The second-order valence-corrected chi connectivity index (χ2v) is 11.6. The Labute approximate surface area is 269 Å². The van der Waals surface area contributed by atoms with Gasteiger partial charge in [0.05, 0.1) is 0 Å². The van der Waals surface area contributed by atoms with Crippen molar-refractivity contribution < 1.29 is 0 Å². The van der Waals surface area contributed by atoms with Crippen molar-refractivity contribution in [2.24, 2.45) is 0 Å². The molecule has 0 N–H and O–H groups in total. The van der Waals surface area contributed by atoms with E-state index < -0.39 is 0 Å². The first-order valence-corrected chi connectivity index (χ1v) is 15.7. The fraction of sp³-hybridized carbons (Fsp3) is 0.0227. The lowest BCUT2D eigenvalue weighted by atomic mass is 9.84. The van der Waals surface area contributed by atoms with Crippen LogP contribution in [0.2, 0.25) is 0 Å². The van der Waals surface area contributed by atoms with Crippen LogP contribution in [-0.2, 0) is 0 Å². The van der Waals surface area contributed by atoms with E-state index >= 15 is 0 Å². The average molecular weight is 589 g/mol. The molecular formula is C44H32N2. The predicted octanol–water partition coefficient (Wildman–Crippen LogP) is 12.2. The van der Waals surface area contributed by atoms with Gasteiger partial charge in [-0.2, -0.15) is 0 Å². The van der Waals surface area contributed by atoms with Crippen molar-refractivity contribution >= 4 is 38.7 Å². The van der Waals surface area contributed by atoms with Gasteiger partial charge in [0.2, 0.25) is 0 Å². The summed E-state index contributed by atoms with van der Waals surface area (Å²) < 4.78 is 0. The molecule has 0 aliphatic carbocycles. The molecule has 0 saturated heterocycles. The molecule has 8 aromatic rings. The highest BCUT2D eigenvalue weighted by atomic mass is 15.2. The quantitative estimate of drug-likeness (QED) is 0.180. The van der Waals surface area contributed by atoms with Gasteiger partial charge in [-0.25, -0.2) is 4.98 Å². The lowest BCUT2D eigenvalue weighted by molar-refractivity contribution is 1.13. The normalized spacial score (nSPS) is 11.2. The zero-order chi connectivity index (χ0) is 30.9. The van der Waals surface area contributed by atoms with E-state index in [2.05, 4.69) is 169 Å². The Bertz CT molecular complexity index is 2250. The maximum absolute atomic E-state index is 4.88. The smallest absolute Gasteiger partial charge is 0.137 e. The summed E-state index contributed by atoms with van der Waals surface area (Å²) in [6, 6.07) is 62.8. The largest absolute Gasteiger partial charge is 0.295 e. The van der Waals surface area contributed by atoms with Crippen LogP contribution in [0.5, 0.6) is 0 Å². The Morgan fingerprint density at radius 1 is 0.370 bits per heavy atom. The second kappa shape index (κ2) is 11.8. The molecule has 218 valence electrons. The summed E-state index contributed by atoms with van der Waals surface area (Å²) in [5.74, 6) is 0.899. The maximum Gasteiger partial charge on any atom is 0.137 e. The van der Waals surface area contributed by atoms with Crippen LogP contribution in [0.15, 0.2) is 176 Å². The van der Waals surface area contributed by atoms with Gasteiger partial charge >= 0.3 is 0 Å². The van der Waals surface area contributed by atoms with E-state index in [1.807, 2.05) is 19.1 Å². The summed E-state index contributed by atoms with van der Waals surface area (Å²) in [6.07, 6.45) is 0. The van der Waals surface area contributed by atoms with Crippen LogP contribution in [0.25, 0.3) is 54.9 Å². The molecule has 0 spiro atoms. The Morgan fingerprint density at radius 2 is 0.870 bits per heavy atom. The van der Waals surface area contributed by atoms with E-state index in [0.717, 1.165) is 22.9 Å². The van der Waals surface area contributed by atoms with Crippen LogP contribution in [0.3, 0.4) is 0 Å². The van der Waals surface area contributed by atoms with Gasteiger partial charge in [0, 0.05) is 17.1 Å². The standard InChI is InChI=1S/C44H32N2/c1-31-15-14-26-42(45-31)46(34-18-6-3-7-19-34)35-29-27-33(28-30-35)43-38-22-10-12-24-40(38)44(41-25-13-11-23-39(41)43)37-21-9-8-20-36(37)32-16-4-2-5-17-32/h2-30H,1H3. The zero-order valence-electron chi connectivity index (χ0n) is 25.6. The Hall–Kier alpha value is -5.99. The summed E-state index contributed by atoms with van der Waals surface area (Å²) in [6.45, 7) is 2.04. The number of nitrogens with zero attached hydrogens (tertiary/aromatic N) is 2. The molecule has 1 aromatic heterocycles. The highest BCUT2D eigenvalue weighted by Gasteiger charge is 2.19. The third-order valence-corrected chi connectivity index (χ3v) is 8.74. The zero-order valence-corrected chi connectivity index (χ0v) is 25.6. The van der Waals surface area contributed by atoms with E-state index in [0.29, 0.717) is 0 Å². The van der Waals surface area contributed by atoms with Crippen LogP contribution < -0.4 is 4.90 Å². The monoisotopic (exact) mass is 588 g/mol. The van der Waals surface area contributed by atoms with Gasteiger partial charge < -0.3 is 0 Å². The number of hydrogen-bond acceptors (Lipinski definition) is 2. The van der Waals surface area contributed by atoms with Gasteiger partial charge in [0.25, 0.3) is 0 Å². The van der Waals surface area contributed by atoms with Crippen molar-refractivity contribution in [2.75, 3.05) is 4.90 Å². The van der Waals surface area contributed by atoms with Gasteiger partial charge in [0.15, 0.2) is 0 Å². The molecule has 0 atom stereocenters. The number of pyridine rings is 1. The van der Waals surface area contributed by atoms with Gasteiger partial charge in [0.1, 0.15) is 5.82 Å². The van der Waals surface area contributed by atoms with Crippen LogP contribution in [0, 0.1) is 6.92 Å². The first-order chi connectivity index (χ1) is 22.8. The molecule has 0 bridgehead atoms. The number of fused-ring (bicyclic) bond motifs is 2.